The average molecular weight is 320 g/mol. The molecule has 2 aromatic carbocycles. The molecule has 2 aromatic rings. The SMILES string of the molecule is COc1ccc(CCCCOc2ccc(CN)cc2)cc1Cl. The van der Waals surface area contributed by atoms with Gasteiger partial charge < -0.3 is 15.2 Å². The summed E-state index contributed by atoms with van der Waals surface area (Å²) in [4.78, 5) is 0. The predicted molar refractivity (Wildman–Crippen MR) is 90.8 cm³/mol. The van der Waals surface area contributed by atoms with Crippen molar-refractivity contribution in [3.05, 3.63) is 58.6 Å². The number of hydrogen-bond donors (Lipinski definition) is 1. The second-order valence-electron chi connectivity index (χ2n) is 5.12. The summed E-state index contributed by atoms with van der Waals surface area (Å²) in [5, 5.41) is 0.663. The number of benzene rings is 2. The van der Waals surface area contributed by atoms with Gasteiger partial charge in [-0.15, -0.1) is 0 Å². The lowest BCUT2D eigenvalue weighted by molar-refractivity contribution is 0.307. The summed E-state index contributed by atoms with van der Waals surface area (Å²) in [5.74, 6) is 1.61. The Labute approximate surface area is 137 Å². The van der Waals surface area contributed by atoms with Crippen molar-refractivity contribution in [1.29, 1.82) is 0 Å². The van der Waals surface area contributed by atoms with Gasteiger partial charge in [-0.05, 0) is 54.7 Å². The molecular formula is C18H22ClNO2. The third-order valence-electron chi connectivity index (χ3n) is 3.50. The van der Waals surface area contributed by atoms with Crippen LogP contribution in [0.2, 0.25) is 5.02 Å². The minimum Gasteiger partial charge on any atom is -0.495 e. The van der Waals surface area contributed by atoms with Gasteiger partial charge in [0.25, 0.3) is 0 Å². The van der Waals surface area contributed by atoms with E-state index >= 15 is 0 Å². The van der Waals surface area contributed by atoms with Crippen molar-refractivity contribution >= 4 is 11.6 Å². The number of methoxy groups -OCH3 is 1. The molecular weight excluding hydrogens is 298 g/mol. The number of ether oxygens (including phenoxy) is 2. The summed E-state index contributed by atoms with van der Waals surface area (Å²) < 4.78 is 10.9. The van der Waals surface area contributed by atoms with E-state index in [1.165, 1.54) is 5.56 Å². The van der Waals surface area contributed by atoms with Crippen LogP contribution in [-0.2, 0) is 13.0 Å². The molecule has 118 valence electrons. The maximum atomic E-state index is 6.12. The van der Waals surface area contributed by atoms with Crippen LogP contribution in [0.15, 0.2) is 42.5 Å². The Kier molecular flexibility index (Phi) is 6.56. The van der Waals surface area contributed by atoms with Crippen molar-refractivity contribution in [3.63, 3.8) is 0 Å². The number of unbranched alkanes of at least 4 members (excludes halogenated alkanes) is 1. The lowest BCUT2D eigenvalue weighted by atomic mass is 10.1. The second-order valence-corrected chi connectivity index (χ2v) is 5.53. The molecule has 0 fully saturated rings. The molecule has 0 aliphatic heterocycles. The quantitative estimate of drug-likeness (QED) is 0.741. The van der Waals surface area contributed by atoms with Crippen molar-refractivity contribution in [2.45, 2.75) is 25.8 Å². The predicted octanol–water partition coefficient (Wildman–Crippen LogP) is 4.21. The molecule has 0 aromatic heterocycles. The van der Waals surface area contributed by atoms with Crippen molar-refractivity contribution in [2.75, 3.05) is 13.7 Å². The molecule has 2 N–H and O–H groups in total. The van der Waals surface area contributed by atoms with E-state index in [1.54, 1.807) is 7.11 Å². The lowest BCUT2D eigenvalue weighted by Crippen LogP contribution is -2.00. The number of hydrogen-bond acceptors (Lipinski definition) is 3. The zero-order valence-electron chi connectivity index (χ0n) is 12.8. The summed E-state index contributed by atoms with van der Waals surface area (Å²) in [7, 11) is 1.62. The van der Waals surface area contributed by atoms with E-state index in [9.17, 15) is 0 Å². The Morgan fingerprint density at radius 1 is 1.00 bits per heavy atom. The Morgan fingerprint density at radius 3 is 2.36 bits per heavy atom. The number of aryl methyl sites for hydroxylation is 1. The lowest BCUT2D eigenvalue weighted by Gasteiger charge is -2.08. The summed E-state index contributed by atoms with van der Waals surface area (Å²) in [6, 6.07) is 13.8. The van der Waals surface area contributed by atoms with Crippen LogP contribution < -0.4 is 15.2 Å². The molecule has 0 aliphatic carbocycles. The van der Waals surface area contributed by atoms with Crippen LogP contribution in [0.4, 0.5) is 0 Å². The zero-order chi connectivity index (χ0) is 15.8. The van der Waals surface area contributed by atoms with E-state index in [0.717, 1.165) is 36.3 Å². The van der Waals surface area contributed by atoms with Gasteiger partial charge >= 0.3 is 0 Å². The van der Waals surface area contributed by atoms with Crippen LogP contribution in [0.1, 0.15) is 24.0 Å². The maximum absolute atomic E-state index is 6.12. The van der Waals surface area contributed by atoms with Crippen molar-refractivity contribution < 1.29 is 9.47 Å². The van der Waals surface area contributed by atoms with E-state index in [-0.39, 0.29) is 0 Å². The van der Waals surface area contributed by atoms with Gasteiger partial charge in [-0.3, -0.25) is 0 Å². The molecule has 0 atom stereocenters. The van der Waals surface area contributed by atoms with Crippen molar-refractivity contribution in [1.82, 2.24) is 0 Å². The first-order chi connectivity index (χ1) is 10.7. The molecule has 0 unspecified atom stereocenters. The summed E-state index contributed by atoms with van der Waals surface area (Å²) in [5.41, 5.74) is 7.90. The van der Waals surface area contributed by atoms with Crippen molar-refractivity contribution in [3.8, 4) is 11.5 Å². The molecule has 0 radical (unpaired) electrons. The fraction of sp³-hybridized carbons (Fsp3) is 0.333. The largest absolute Gasteiger partial charge is 0.495 e. The topological polar surface area (TPSA) is 44.5 Å². The molecule has 3 nitrogen and oxygen atoms in total. The van der Waals surface area contributed by atoms with Gasteiger partial charge in [0.1, 0.15) is 11.5 Å². The van der Waals surface area contributed by atoms with Crippen molar-refractivity contribution in [2.24, 2.45) is 5.73 Å². The highest BCUT2D eigenvalue weighted by molar-refractivity contribution is 6.32. The zero-order valence-corrected chi connectivity index (χ0v) is 13.6. The van der Waals surface area contributed by atoms with Crippen LogP contribution in [0.25, 0.3) is 0 Å². The first-order valence-corrected chi connectivity index (χ1v) is 7.85. The van der Waals surface area contributed by atoms with Gasteiger partial charge in [0.2, 0.25) is 0 Å². The molecule has 0 saturated carbocycles. The van der Waals surface area contributed by atoms with E-state index in [0.29, 0.717) is 18.2 Å². The molecule has 0 bridgehead atoms. The van der Waals surface area contributed by atoms with Gasteiger partial charge in [0.05, 0.1) is 18.7 Å². The van der Waals surface area contributed by atoms with Crippen LogP contribution in [0.3, 0.4) is 0 Å². The maximum Gasteiger partial charge on any atom is 0.137 e. The van der Waals surface area contributed by atoms with Crippen LogP contribution in [-0.4, -0.2) is 13.7 Å². The van der Waals surface area contributed by atoms with Gasteiger partial charge in [0, 0.05) is 6.54 Å². The third-order valence-corrected chi connectivity index (χ3v) is 3.80. The first kappa shape index (κ1) is 16.7. The molecule has 22 heavy (non-hydrogen) atoms. The van der Waals surface area contributed by atoms with Gasteiger partial charge in [-0.25, -0.2) is 0 Å². The number of nitrogens with two attached hydrogens (primary N) is 1. The Bertz CT molecular complexity index is 584. The van der Waals surface area contributed by atoms with Gasteiger partial charge in [-0.2, -0.15) is 0 Å². The Hall–Kier alpha value is -1.71. The van der Waals surface area contributed by atoms with Crippen LogP contribution in [0, 0.1) is 0 Å². The van der Waals surface area contributed by atoms with Gasteiger partial charge in [0.15, 0.2) is 0 Å². The summed E-state index contributed by atoms with van der Waals surface area (Å²) in [6.07, 6.45) is 3.05. The molecule has 0 heterocycles. The molecule has 0 saturated heterocycles. The van der Waals surface area contributed by atoms with Gasteiger partial charge in [-0.1, -0.05) is 29.8 Å². The van der Waals surface area contributed by atoms with Crippen LogP contribution in [0.5, 0.6) is 11.5 Å². The third kappa shape index (κ3) is 4.93. The van der Waals surface area contributed by atoms with E-state index in [4.69, 9.17) is 26.8 Å². The van der Waals surface area contributed by atoms with E-state index in [1.807, 2.05) is 36.4 Å². The normalized spacial score (nSPS) is 10.5. The first-order valence-electron chi connectivity index (χ1n) is 7.47. The Morgan fingerprint density at radius 2 is 1.73 bits per heavy atom. The molecule has 0 aliphatic rings. The average Bonchev–Trinajstić information content (AvgIpc) is 2.55. The molecule has 2 rings (SSSR count). The fourth-order valence-electron chi connectivity index (χ4n) is 2.21. The molecule has 4 heteroatoms. The number of halogens is 1. The smallest absolute Gasteiger partial charge is 0.137 e. The Balaban J connectivity index is 1.69. The summed E-state index contributed by atoms with van der Waals surface area (Å²) >= 11 is 6.12. The molecule has 0 amide bonds. The summed E-state index contributed by atoms with van der Waals surface area (Å²) in [6.45, 7) is 1.27. The van der Waals surface area contributed by atoms with Crippen LogP contribution >= 0.6 is 11.6 Å². The minimum absolute atomic E-state index is 0.560. The van der Waals surface area contributed by atoms with E-state index in [2.05, 4.69) is 6.07 Å². The molecule has 0 spiro atoms. The highest BCUT2D eigenvalue weighted by Gasteiger charge is 2.02. The monoisotopic (exact) mass is 319 g/mol. The second kappa shape index (κ2) is 8.66. The minimum atomic E-state index is 0.560. The number of rotatable bonds is 8. The standard InChI is InChI=1S/C18H22ClNO2/c1-21-18-10-7-14(12-17(18)19)4-2-3-11-22-16-8-5-15(13-20)6-9-16/h5-10,12H,2-4,11,13,20H2,1H3. The highest BCUT2D eigenvalue weighted by atomic mass is 35.5. The highest BCUT2D eigenvalue weighted by Crippen LogP contribution is 2.25. The van der Waals surface area contributed by atoms with E-state index < -0.39 is 0 Å². The fourth-order valence-corrected chi connectivity index (χ4v) is 2.49.